The summed E-state index contributed by atoms with van der Waals surface area (Å²) in [6.45, 7) is 0.794. The third-order valence-corrected chi connectivity index (χ3v) is 5.69. The zero-order valence-electron chi connectivity index (χ0n) is 11.1. The molecule has 0 amide bonds. The number of aldehydes is 1. The first-order valence-electron chi connectivity index (χ1n) is 6.61. The Morgan fingerprint density at radius 2 is 2.10 bits per heavy atom. The second kappa shape index (κ2) is 6.36. The van der Waals surface area contributed by atoms with E-state index in [-0.39, 0.29) is 11.7 Å². The Morgan fingerprint density at radius 1 is 1.33 bits per heavy atom. The maximum absolute atomic E-state index is 13.7. The molecule has 0 N–H and O–H groups in total. The average molecular weight is 413 g/mol. The number of carbonyl (C=O) groups excluding carboxylic acids is 1. The molecule has 2 nitrogen and oxygen atoms in total. The summed E-state index contributed by atoms with van der Waals surface area (Å²) >= 11 is 2.19. The van der Waals surface area contributed by atoms with Crippen molar-refractivity contribution in [3.8, 4) is 0 Å². The van der Waals surface area contributed by atoms with Gasteiger partial charge in [-0.3, -0.25) is 4.79 Å². The van der Waals surface area contributed by atoms with Gasteiger partial charge in [-0.05, 0) is 29.7 Å². The normalized spacial score (nSPS) is 16.9. The van der Waals surface area contributed by atoms with Crippen LogP contribution in [0.2, 0.25) is 0 Å². The van der Waals surface area contributed by atoms with Crippen LogP contribution >= 0.6 is 30.3 Å². The molecule has 0 unspecified atom stereocenters. The molecule has 0 saturated carbocycles. The SMILES string of the molecule is O=Cc1cc(F)cc2c1[C@@H](Cc1ccccc1)CN2SI. The van der Waals surface area contributed by atoms with Gasteiger partial charge in [0.1, 0.15) is 5.82 Å². The van der Waals surface area contributed by atoms with Crippen molar-refractivity contribution in [1.82, 2.24) is 0 Å². The van der Waals surface area contributed by atoms with Crippen molar-refractivity contribution in [2.24, 2.45) is 0 Å². The zero-order chi connectivity index (χ0) is 14.8. The van der Waals surface area contributed by atoms with E-state index in [1.165, 1.54) is 26.8 Å². The number of halogens is 2. The molecule has 3 rings (SSSR count). The minimum absolute atomic E-state index is 0.213. The molecule has 2 aromatic rings. The lowest BCUT2D eigenvalue weighted by Crippen LogP contribution is -2.12. The summed E-state index contributed by atoms with van der Waals surface area (Å²) in [6.07, 6.45) is 1.62. The lowest BCUT2D eigenvalue weighted by molar-refractivity contribution is 0.112. The third kappa shape index (κ3) is 2.94. The number of hydrogen-bond acceptors (Lipinski definition) is 3. The Balaban J connectivity index is 2.01. The van der Waals surface area contributed by atoms with Gasteiger partial charge in [0, 0.05) is 48.4 Å². The first kappa shape index (κ1) is 14.8. The summed E-state index contributed by atoms with van der Waals surface area (Å²) in [5.74, 6) is -0.142. The van der Waals surface area contributed by atoms with Crippen LogP contribution in [0.1, 0.15) is 27.4 Å². The van der Waals surface area contributed by atoms with E-state index in [9.17, 15) is 9.18 Å². The fraction of sp³-hybridized carbons (Fsp3) is 0.188. The predicted molar refractivity (Wildman–Crippen MR) is 93.6 cm³/mol. The lowest BCUT2D eigenvalue weighted by Gasteiger charge is -2.14. The standard InChI is InChI=1S/C16H13FINOS/c17-14-7-13(10-20)16-12(6-11-4-2-1-3-5-11)9-19(21-18)15(16)8-14/h1-5,7-8,10,12H,6,9H2/t12-/m0/s1. The van der Waals surface area contributed by atoms with Crippen LogP contribution in [0.3, 0.4) is 0 Å². The Hall–Kier alpha value is -1.08. The van der Waals surface area contributed by atoms with E-state index in [0.717, 1.165) is 30.5 Å². The van der Waals surface area contributed by atoms with Crippen molar-refractivity contribution >= 4 is 42.3 Å². The minimum Gasteiger partial charge on any atom is -0.307 e. The molecule has 0 aromatic heterocycles. The van der Waals surface area contributed by atoms with Gasteiger partial charge in [0.2, 0.25) is 0 Å². The number of nitrogens with zero attached hydrogens (tertiary/aromatic N) is 1. The topological polar surface area (TPSA) is 20.3 Å². The molecule has 108 valence electrons. The number of fused-ring (bicyclic) bond motifs is 1. The summed E-state index contributed by atoms with van der Waals surface area (Å²) in [6, 6.07) is 13.1. The van der Waals surface area contributed by atoms with E-state index in [4.69, 9.17) is 0 Å². The van der Waals surface area contributed by atoms with Crippen LogP contribution < -0.4 is 4.31 Å². The molecule has 0 fully saturated rings. The molecule has 0 spiro atoms. The molecule has 1 heterocycles. The summed E-state index contributed by atoms with van der Waals surface area (Å²) < 4.78 is 15.7. The lowest BCUT2D eigenvalue weighted by atomic mass is 9.90. The Bertz CT molecular complexity index is 665. The van der Waals surface area contributed by atoms with Crippen LogP contribution in [0.15, 0.2) is 42.5 Å². The van der Waals surface area contributed by atoms with Crippen molar-refractivity contribution in [3.63, 3.8) is 0 Å². The molecule has 0 aliphatic carbocycles. The van der Waals surface area contributed by atoms with Gasteiger partial charge in [-0.15, -0.1) is 0 Å². The van der Waals surface area contributed by atoms with Crippen molar-refractivity contribution in [2.75, 3.05) is 10.8 Å². The largest absolute Gasteiger partial charge is 0.307 e. The van der Waals surface area contributed by atoms with Gasteiger partial charge in [0.15, 0.2) is 6.29 Å². The maximum Gasteiger partial charge on any atom is 0.150 e. The average Bonchev–Trinajstić information content (AvgIpc) is 2.85. The highest BCUT2D eigenvalue weighted by Crippen LogP contribution is 2.45. The predicted octanol–water partition coefficient (Wildman–Crippen LogP) is 4.78. The fourth-order valence-electron chi connectivity index (χ4n) is 2.89. The molecule has 0 bridgehead atoms. The molecule has 0 saturated heterocycles. The zero-order valence-corrected chi connectivity index (χ0v) is 14.1. The number of carbonyl (C=O) groups is 1. The van der Waals surface area contributed by atoms with Crippen molar-refractivity contribution in [1.29, 1.82) is 0 Å². The van der Waals surface area contributed by atoms with E-state index in [1.807, 2.05) is 18.2 Å². The summed E-state index contributed by atoms with van der Waals surface area (Å²) in [4.78, 5) is 11.3. The Morgan fingerprint density at radius 3 is 2.76 bits per heavy atom. The van der Waals surface area contributed by atoms with Gasteiger partial charge in [-0.1, -0.05) is 30.3 Å². The van der Waals surface area contributed by atoms with Gasteiger partial charge in [0.25, 0.3) is 0 Å². The quantitative estimate of drug-likeness (QED) is 0.409. The van der Waals surface area contributed by atoms with Gasteiger partial charge in [-0.2, -0.15) is 0 Å². The molecule has 1 aliphatic rings. The fourth-order valence-corrected chi connectivity index (χ4v) is 4.47. The molecule has 5 heteroatoms. The highest BCUT2D eigenvalue weighted by Gasteiger charge is 2.32. The van der Waals surface area contributed by atoms with E-state index in [1.54, 1.807) is 0 Å². The van der Waals surface area contributed by atoms with Crippen LogP contribution in [0, 0.1) is 5.82 Å². The maximum atomic E-state index is 13.7. The second-order valence-corrected chi connectivity index (χ2v) is 6.82. The number of rotatable bonds is 4. The summed E-state index contributed by atoms with van der Waals surface area (Å²) in [7, 11) is 1.54. The second-order valence-electron chi connectivity index (χ2n) is 5.06. The number of hydrogen-bond donors (Lipinski definition) is 0. The smallest absolute Gasteiger partial charge is 0.150 e. The van der Waals surface area contributed by atoms with Crippen molar-refractivity contribution < 1.29 is 9.18 Å². The monoisotopic (exact) mass is 413 g/mol. The molecule has 1 aliphatic heterocycles. The first-order valence-corrected chi connectivity index (χ1v) is 9.93. The molecule has 0 radical (unpaired) electrons. The van der Waals surface area contributed by atoms with E-state index in [0.29, 0.717) is 5.56 Å². The Labute approximate surface area is 139 Å². The number of benzene rings is 2. The van der Waals surface area contributed by atoms with E-state index < -0.39 is 0 Å². The van der Waals surface area contributed by atoms with Gasteiger partial charge >= 0.3 is 0 Å². The molecule has 1 atom stereocenters. The van der Waals surface area contributed by atoms with Crippen LogP contribution in [-0.4, -0.2) is 12.8 Å². The van der Waals surface area contributed by atoms with E-state index in [2.05, 4.69) is 37.6 Å². The van der Waals surface area contributed by atoms with Gasteiger partial charge in [-0.25, -0.2) is 4.39 Å². The van der Waals surface area contributed by atoms with Crippen molar-refractivity contribution in [3.05, 3.63) is 65.0 Å². The summed E-state index contributed by atoms with van der Waals surface area (Å²) in [5, 5.41) is 0. The van der Waals surface area contributed by atoms with Crippen LogP contribution in [0.25, 0.3) is 0 Å². The summed E-state index contributed by atoms with van der Waals surface area (Å²) in [5.41, 5.74) is 3.51. The Kier molecular flexibility index (Phi) is 4.49. The van der Waals surface area contributed by atoms with E-state index >= 15 is 0 Å². The highest BCUT2D eigenvalue weighted by molar-refractivity contribution is 14.2. The third-order valence-electron chi connectivity index (χ3n) is 3.75. The molecule has 2 aromatic carbocycles. The molecular formula is C16H13FINOS. The van der Waals surface area contributed by atoms with Gasteiger partial charge in [0.05, 0.1) is 5.69 Å². The van der Waals surface area contributed by atoms with Crippen LogP contribution in [0.5, 0.6) is 0 Å². The van der Waals surface area contributed by atoms with Gasteiger partial charge < -0.3 is 4.31 Å². The molecule has 21 heavy (non-hydrogen) atoms. The minimum atomic E-state index is -0.355. The highest BCUT2D eigenvalue weighted by atomic mass is 127. The number of anilines is 1. The first-order chi connectivity index (χ1) is 10.2. The van der Waals surface area contributed by atoms with Crippen LogP contribution in [0.4, 0.5) is 10.1 Å². The molecular weight excluding hydrogens is 400 g/mol. The van der Waals surface area contributed by atoms with Crippen LogP contribution in [-0.2, 0) is 6.42 Å². The van der Waals surface area contributed by atoms with Crippen molar-refractivity contribution in [2.45, 2.75) is 12.3 Å².